The molecule has 106 valence electrons. The number of rotatable bonds is 4. The van der Waals surface area contributed by atoms with E-state index in [1.54, 1.807) is 6.92 Å². The molecule has 4 N–H and O–H groups in total. The smallest absolute Gasteiger partial charge is 0.251 e. The number of nitrogens with one attached hydrogen (secondary N) is 2. The van der Waals surface area contributed by atoms with E-state index in [2.05, 4.69) is 25.4 Å². The van der Waals surface area contributed by atoms with Crippen LogP contribution in [0.25, 0.3) is 0 Å². The molecule has 0 bridgehead atoms. The van der Waals surface area contributed by atoms with Crippen molar-refractivity contribution < 1.29 is 0 Å². The molecule has 0 saturated carbocycles. The number of nitrogens with zero attached hydrogens (tertiary/aromatic N) is 3. The molecule has 0 aliphatic rings. The molecular weight excluding hydrogens is 276 g/mol. The van der Waals surface area contributed by atoms with Gasteiger partial charge in [0.05, 0.1) is 0 Å². The van der Waals surface area contributed by atoms with E-state index in [0.29, 0.717) is 16.7 Å². The van der Waals surface area contributed by atoms with Crippen LogP contribution in [0.2, 0.25) is 0 Å². The number of aromatic amines is 1. The zero-order valence-electron chi connectivity index (χ0n) is 11.5. The first-order valence-electron chi connectivity index (χ1n) is 6.08. The highest BCUT2D eigenvalue weighted by Gasteiger charge is 2.16. The monoisotopic (exact) mass is 292 g/mol. The maximum absolute atomic E-state index is 11.5. The van der Waals surface area contributed by atoms with Crippen molar-refractivity contribution in [1.29, 1.82) is 0 Å². The van der Waals surface area contributed by atoms with Crippen molar-refractivity contribution in [1.82, 2.24) is 19.9 Å². The second kappa shape index (κ2) is 6.02. The standard InChI is InChI=1S/C12H16N6OS/c1-6(2)9-10(18-13)14-5-15-11(9)20-12-16-7(3)4-8(19)17-12/h4-6H,13H2,1-3H3,(H,14,15,18)(H,16,17,19). The van der Waals surface area contributed by atoms with Crippen LogP contribution in [0.15, 0.2) is 27.4 Å². The van der Waals surface area contributed by atoms with Crippen molar-refractivity contribution in [3.63, 3.8) is 0 Å². The van der Waals surface area contributed by atoms with Gasteiger partial charge in [-0.15, -0.1) is 0 Å². The van der Waals surface area contributed by atoms with Gasteiger partial charge in [-0.1, -0.05) is 13.8 Å². The summed E-state index contributed by atoms with van der Waals surface area (Å²) < 4.78 is 0. The fraction of sp³-hybridized carbons (Fsp3) is 0.333. The van der Waals surface area contributed by atoms with Crippen molar-refractivity contribution in [2.24, 2.45) is 5.84 Å². The van der Waals surface area contributed by atoms with E-state index in [-0.39, 0.29) is 11.5 Å². The van der Waals surface area contributed by atoms with Crippen molar-refractivity contribution in [3.8, 4) is 0 Å². The van der Waals surface area contributed by atoms with Gasteiger partial charge >= 0.3 is 0 Å². The topological polar surface area (TPSA) is 110 Å². The number of hydrogen-bond donors (Lipinski definition) is 3. The molecule has 2 aromatic heterocycles. The van der Waals surface area contributed by atoms with Gasteiger partial charge in [-0.05, 0) is 24.6 Å². The molecule has 0 saturated heterocycles. The normalized spacial score (nSPS) is 10.8. The summed E-state index contributed by atoms with van der Waals surface area (Å²) in [5, 5.41) is 1.22. The van der Waals surface area contributed by atoms with Crippen molar-refractivity contribution in [2.75, 3.05) is 5.43 Å². The first-order chi connectivity index (χ1) is 9.51. The van der Waals surface area contributed by atoms with E-state index in [9.17, 15) is 4.79 Å². The highest BCUT2D eigenvalue weighted by molar-refractivity contribution is 7.99. The van der Waals surface area contributed by atoms with Gasteiger partial charge in [-0.3, -0.25) is 4.79 Å². The van der Waals surface area contributed by atoms with E-state index in [1.165, 1.54) is 24.2 Å². The fourth-order valence-electron chi connectivity index (χ4n) is 1.79. The van der Waals surface area contributed by atoms with Crippen LogP contribution in [0.3, 0.4) is 0 Å². The summed E-state index contributed by atoms with van der Waals surface area (Å²) in [5.74, 6) is 6.23. The third kappa shape index (κ3) is 3.14. The molecule has 0 unspecified atom stereocenters. The third-order valence-electron chi connectivity index (χ3n) is 2.60. The van der Waals surface area contributed by atoms with Crippen molar-refractivity contribution in [2.45, 2.75) is 36.9 Å². The number of aromatic nitrogens is 4. The molecule has 2 aromatic rings. The number of aryl methyl sites for hydroxylation is 1. The second-order valence-electron chi connectivity index (χ2n) is 4.53. The summed E-state index contributed by atoms with van der Waals surface area (Å²) in [6, 6.07) is 1.44. The van der Waals surface area contributed by atoms with Crippen LogP contribution < -0.4 is 16.8 Å². The Kier molecular flexibility index (Phi) is 4.35. The highest BCUT2D eigenvalue weighted by Crippen LogP contribution is 2.33. The van der Waals surface area contributed by atoms with E-state index < -0.39 is 0 Å². The van der Waals surface area contributed by atoms with Gasteiger partial charge in [0.15, 0.2) is 5.16 Å². The van der Waals surface area contributed by atoms with Gasteiger partial charge in [-0.25, -0.2) is 20.8 Å². The summed E-state index contributed by atoms with van der Waals surface area (Å²) in [6.07, 6.45) is 1.43. The largest absolute Gasteiger partial charge is 0.308 e. The Labute approximate surface area is 120 Å². The molecule has 20 heavy (non-hydrogen) atoms. The predicted octanol–water partition coefficient (Wildman–Crippen LogP) is 1.43. The minimum Gasteiger partial charge on any atom is -0.308 e. The Morgan fingerprint density at radius 3 is 2.75 bits per heavy atom. The SMILES string of the molecule is Cc1cc(=O)[nH]c(Sc2ncnc(NN)c2C(C)C)n1. The van der Waals surface area contributed by atoms with Crippen molar-refractivity contribution >= 4 is 17.6 Å². The number of hydrazine groups is 1. The van der Waals surface area contributed by atoms with Gasteiger partial charge in [0.25, 0.3) is 5.56 Å². The molecule has 0 atom stereocenters. The van der Waals surface area contributed by atoms with E-state index >= 15 is 0 Å². The lowest BCUT2D eigenvalue weighted by Gasteiger charge is -2.14. The summed E-state index contributed by atoms with van der Waals surface area (Å²) in [4.78, 5) is 26.8. The summed E-state index contributed by atoms with van der Waals surface area (Å²) >= 11 is 1.29. The molecule has 0 radical (unpaired) electrons. The third-order valence-corrected chi connectivity index (χ3v) is 3.51. The molecule has 0 aliphatic heterocycles. The Morgan fingerprint density at radius 1 is 1.40 bits per heavy atom. The maximum Gasteiger partial charge on any atom is 0.251 e. The number of hydrogen-bond acceptors (Lipinski definition) is 7. The average Bonchev–Trinajstić information content (AvgIpc) is 2.36. The van der Waals surface area contributed by atoms with Gasteiger partial charge in [-0.2, -0.15) is 0 Å². The van der Waals surface area contributed by atoms with E-state index in [4.69, 9.17) is 5.84 Å². The summed E-state index contributed by atoms with van der Waals surface area (Å²) in [7, 11) is 0. The van der Waals surface area contributed by atoms with Gasteiger partial charge in [0.2, 0.25) is 0 Å². The van der Waals surface area contributed by atoms with Crippen LogP contribution >= 0.6 is 11.8 Å². The molecule has 0 spiro atoms. The van der Waals surface area contributed by atoms with E-state index in [1.807, 2.05) is 13.8 Å². The van der Waals surface area contributed by atoms with Crippen LogP contribution in [-0.2, 0) is 0 Å². The zero-order valence-corrected chi connectivity index (χ0v) is 12.3. The minimum atomic E-state index is -0.183. The maximum atomic E-state index is 11.5. The lowest BCUT2D eigenvalue weighted by Crippen LogP contribution is -2.13. The molecule has 0 amide bonds. The molecule has 7 nitrogen and oxygen atoms in total. The van der Waals surface area contributed by atoms with Crippen LogP contribution in [0, 0.1) is 6.92 Å². The zero-order chi connectivity index (χ0) is 14.7. The van der Waals surface area contributed by atoms with Crippen LogP contribution in [0.5, 0.6) is 0 Å². The van der Waals surface area contributed by atoms with Gasteiger partial charge in [0.1, 0.15) is 17.2 Å². The lowest BCUT2D eigenvalue weighted by atomic mass is 10.1. The first kappa shape index (κ1) is 14.5. The average molecular weight is 292 g/mol. The van der Waals surface area contributed by atoms with Gasteiger partial charge < -0.3 is 10.4 Å². The molecule has 0 aromatic carbocycles. The number of anilines is 1. The molecule has 2 rings (SSSR count). The predicted molar refractivity (Wildman–Crippen MR) is 77.6 cm³/mol. The van der Waals surface area contributed by atoms with Crippen molar-refractivity contribution in [3.05, 3.63) is 34.0 Å². The Morgan fingerprint density at radius 2 is 2.15 bits per heavy atom. The Balaban J connectivity index is 2.45. The summed E-state index contributed by atoms with van der Waals surface area (Å²) in [6.45, 7) is 5.82. The van der Waals surface area contributed by atoms with Crippen LogP contribution in [-0.4, -0.2) is 19.9 Å². The minimum absolute atomic E-state index is 0.182. The molecule has 2 heterocycles. The number of nitrogens with two attached hydrogens (primary N) is 1. The number of H-pyrrole nitrogens is 1. The molecule has 0 fully saturated rings. The van der Waals surface area contributed by atoms with Crippen LogP contribution in [0.4, 0.5) is 5.82 Å². The quantitative estimate of drug-likeness (QED) is 0.338. The molecular formula is C12H16N6OS. The molecule has 8 heteroatoms. The molecule has 0 aliphatic carbocycles. The second-order valence-corrected chi connectivity index (χ2v) is 5.51. The first-order valence-corrected chi connectivity index (χ1v) is 6.90. The van der Waals surface area contributed by atoms with Crippen LogP contribution in [0.1, 0.15) is 31.0 Å². The Hall–Kier alpha value is -1.93. The Bertz CT molecular complexity index is 669. The van der Waals surface area contributed by atoms with E-state index in [0.717, 1.165) is 10.6 Å². The van der Waals surface area contributed by atoms with Gasteiger partial charge in [0, 0.05) is 17.3 Å². The number of nitrogen functional groups attached to an aromatic ring is 1. The summed E-state index contributed by atoms with van der Waals surface area (Å²) in [5.41, 5.74) is 3.94. The fourth-order valence-corrected chi connectivity index (χ4v) is 2.85. The highest BCUT2D eigenvalue weighted by atomic mass is 32.2. The lowest BCUT2D eigenvalue weighted by molar-refractivity contribution is 0.800.